The number of thioether (sulfide) groups is 1. The van der Waals surface area contributed by atoms with Crippen molar-refractivity contribution in [3.8, 4) is 6.07 Å². The normalized spacial score (nSPS) is 12.1. The molecule has 0 aliphatic carbocycles. The third-order valence-electron chi connectivity index (χ3n) is 3.88. The monoisotopic (exact) mass is 440 g/mol. The third-order valence-corrected chi connectivity index (χ3v) is 5.01. The highest BCUT2D eigenvalue weighted by Crippen LogP contribution is 2.21. The zero-order valence-electron chi connectivity index (χ0n) is 16.2. The summed E-state index contributed by atoms with van der Waals surface area (Å²) in [7, 11) is 0. The lowest BCUT2D eigenvalue weighted by molar-refractivity contribution is -0.160. The van der Waals surface area contributed by atoms with E-state index in [-0.39, 0.29) is 18.1 Å². The number of hydrogen-bond acceptors (Lipinski definition) is 6. The molecule has 1 aromatic carbocycles. The van der Waals surface area contributed by atoms with Gasteiger partial charge in [-0.15, -0.1) is 11.8 Å². The van der Waals surface area contributed by atoms with Crippen molar-refractivity contribution in [3.05, 3.63) is 47.2 Å². The van der Waals surface area contributed by atoms with E-state index in [4.69, 9.17) is 9.78 Å². The molecule has 11 heteroatoms. The summed E-state index contributed by atoms with van der Waals surface area (Å²) >= 11 is 0.918. The van der Waals surface area contributed by atoms with Crippen LogP contribution in [-0.2, 0) is 16.1 Å². The molecule has 0 saturated carbocycles. The largest absolute Gasteiger partial charge is 0.406 e. The van der Waals surface area contributed by atoms with E-state index in [0.29, 0.717) is 21.8 Å². The fourth-order valence-electron chi connectivity index (χ4n) is 2.37. The third kappa shape index (κ3) is 7.44. The molecule has 0 radical (unpaired) electrons. The predicted molar refractivity (Wildman–Crippen MR) is 104 cm³/mol. The minimum Gasteiger partial charge on any atom is -0.360 e. The van der Waals surface area contributed by atoms with Gasteiger partial charge in [0.15, 0.2) is 5.82 Å². The number of rotatable bonds is 8. The number of hydrogen-bond donors (Lipinski definition) is 1. The number of carbonyl (C=O) groups excluding carboxylic acids is 2. The Hall–Kier alpha value is -3.00. The van der Waals surface area contributed by atoms with Crippen LogP contribution in [0.25, 0.3) is 0 Å². The van der Waals surface area contributed by atoms with E-state index in [9.17, 15) is 22.8 Å². The van der Waals surface area contributed by atoms with Crippen LogP contribution in [-0.4, -0.2) is 45.6 Å². The lowest BCUT2D eigenvalue weighted by Crippen LogP contribution is -2.40. The average molecular weight is 440 g/mol. The van der Waals surface area contributed by atoms with Crippen LogP contribution in [0.5, 0.6) is 0 Å². The first kappa shape index (κ1) is 23.3. The van der Waals surface area contributed by atoms with Crippen molar-refractivity contribution >= 4 is 29.4 Å². The Morgan fingerprint density at radius 3 is 2.53 bits per heavy atom. The van der Waals surface area contributed by atoms with Crippen LogP contribution in [0.15, 0.2) is 34.9 Å². The summed E-state index contributed by atoms with van der Waals surface area (Å²) in [5.74, 6) is -0.782. The molecule has 7 nitrogen and oxygen atoms in total. The summed E-state index contributed by atoms with van der Waals surface area (Å²) in [6, 6.07) is 9.37. The van der Waals surface area contributed by atoms with Crippen molar-refractivity contribution in [1.29, 1.82) is 5.26 Å². The van der Waals surface area contributed by atoms with Crippen LogP contribution in [0.1, 0.15) is 23.8 Å². The molecule has 0 aliphatic heterocycles. The Morgan fingerprint density at radius 2 is 2.00 bits per heavy atom. The molecule has 1 heterocycles. The fraction of sp³-hybridized carbons (Fsp3) is 0.368. The number of benzene rings is 1. The molecule has 0 aliphatic rings. The number of nitriles is 1. The van der Waals surface area contributed by atoms with Crippen molar-refractivity contribution in [2.24, 2.45) is 0 Å². The van der Waals surface area contributed by atoms with Crippen LogP contribution in [0, 0.1) is 18.3 Å². The van der Waals surface area contributed by atoms with Gasteiger partial charge in [-0.2, -0.15) is 18.4 Å². The van der Waals surface area contributed by atoms with E-state index in [1.165, 1.54) is 37.3 Å². The molecule has 160 valence electrons. The number of aryl methyl sites for hydroxylation is 1. The average Bonchev–Trinajstić information content (AvgIpc) is 3.09. The zero-order valence-corrected chi connectivity index (χ0v) is 17.0. The van der Waals surface area contributed by atoms with E-state index in [1.54, 1.807) is 6.92 Å². The van der Waals surface area contributed by atoms with Crippen molar-refractivity contribution < 1.29 is 27.3 Å². The summed E-state index contributed by atoms with van der Waals surface area (Å²) in [6.07, 6.45) is -4.57. The quantitative estimate of drug-likeness (QED) is 0.675. The number of halogens is 3. The SMILES string of the molecule is Cc1cc(NC(=O)C(C)SCC(=O)N(Cc2ccc(C#N)cc2)CC(F)(F)F)no1. The minimum absolute atomic E-state index is 0.218. The summed E-state index contributed by atoms with van der Waals surface area (Å²) in [6.45, 7) is 1.52. The van der Waals surface area contributed by atoms with Crippen molar-refractivity contribution in [2.75, 3.05) is 17.6 Å². The number of anilines is 1. The summed E-state index contributed by atoms with van der Waals surface area (Å²) in [4.78, 5) is 25.3. The van der Waals surface area contributed by atoms with Gasteiger partial charge < -0.3 is 14.7 Å². The van der Waals surface area contributed by atoms with Gasteiger partial charge in [-0.25, -0.2) is 0 Å². The van der Waals surface area contributed by atoms with Crippen molar-refractivity contribution in [1.82, 2.24) is 10.1 Å². The van der Waals surface area contributed by atoms with Crippen LogP contribution in [0.2, 0.25) is 0 Å². The molecular weight excluding hydrogens is 421 g/mol. The second kappa shape index (κ2) is 10.2. The Kier molecular flexibility index (Phi) is 7.88. The molecule has 1 aromatic heterocycles. The van der Waals surface area contributed by atoms with Gasteiger partial charge in [0.25, 0.3) is 0 Å². The summed E-state index contributed by atoms with van der Waals surface area (Å²) in [5.41, 5.74) is 0.828. The molecule has 1 unspecified atom stereocenters. The maximum Gasteiger partial charge on any atom is 0.406 e. The highest BCUT2D eigenvalue weighted by Gasteiger charge is 2.33. The summed E-state index contributed by atoms with van der Waals surface area (Å²) < 4.78 is 43.6. The van der Waals surface area contributed by atoms with E-state index < -0.39 is 29.8 Å². The van der Waals surface area contributed by atoms with Crippen molar-refractivity contribution in [2.45, 2.75) is 31.8 Å². The number of carbonyl (C=O) groups is 2. The smallest absolute Gasteiger partial charge is 0.360 e. The lowest BCUT2D eigenvalue weighted by Gasteiger charge is -2.24. The first-order valence-electron chi connectivity index (χ1n) is 8.76. The second-order valence-electron chi connectivity index (χ2n) is 6.44. The minimum atomic E-state index is -4.57. The number of amides is 2. The van der Waals surface area contributed by atoms with E-state index in [2.05, 4.69) is 10.5 Å². The topological polar surface area (TPSA) is 99.2 Å². The molecule has 0 fully saturated rings. The Labute approximate surface area is 175 Å². The molecule has 0 spiro atoms. The van der Waals surface area contributed by atoms with Crippen LogP contribution in [0.3, 0.4) is 0 Å². The molecular formula is C19H19F3N4O3S. The highest BCUT2D eigenvalue weighted by atomic mass is 32.2. The van der Waals surface area contributed by atoms with Crippen LogP contribution >= 0.6 is 11.8 Å². The summed E-state index contributed by atoms with van der Waals surface area (Å²) in [5, 5.41) is 14.2. The molecule has 0 bridgehead atoms. The molecule has 1 atom stereocenters. The van der Waals surface area contributed by atoms with E-state index in [0.717, 1.165) is 11.8 Å². The van der Waals surface area contributed by atoms with Crippen LogP contribution in [0.4, 0.5) is 19.0 Å². The van der Waals surface area contributed by atoms with E-state index in [1.807, 2.05) is 6.07 Å². The standard InChI is InChI=1S/C19H19F3N4O3S/c1-12-7-16(25-29-12)24-18(28)13(2)30-10-17(27)26(11-19(20,21)22)9-15-5-3-14(8-23)4-6-15/h3-7,13H,9-11H2,1-2H3,(H,24,25,28). The molecule has 2 aromatic rings. The molecule has 2 rings (SSSR count). The predicted octanol–water partition coefficient (Wildman–Crippen LogP) is 3.51. The maximum absolute atomic E-state index is 12.9. The van der Waals surface area contributed by atoms with E-state index >= 15 is 0 Å². The van der Waals surface area contributed by atoms with Gasteiger partial charge in [0, 0.05) is 12.6 Å². The van der Waals surface area contributed by atoms with Crippen molar-refractivity contribution in [3.63, 3.8) is 0 Å². The van der Waals surface area contributed by atoms with Gasteiger partial charge in [-0.3, -0.25) is 9.59 Å². The maximum atomic E-state index is 12.9. The number of aromatic nitrogens is 1. The number of alkyl halides is 3. The number of nitrogens with zero attached hydrogens (tertiary/aromatic N) is 3. The van der Waals surface area contributed by atoms with Gasteiger partial charge >= 0.3 is 6.18 Å². The fourth-order valence-corrected chi connectivity index (χ4v) is 3.16. The number of nitrogens with one attached hydrogen (secondary N) is 1. The Balaban J connectivity index is 1.97. The molecule has 0 saturated heterocycles. The molecule has 1 N–H and O–H groups in total. The van der Waals surface area contributed by atoms with Gasteiger partial charge in [0.1, 0.15) is 12.3 Å². The lowest BCUT2D eigenvalue weighted by atomic mass is 10.1. The van der Waals surface area contributed by atoms with Gasteiger partial charge in [-0.1, -0.05) is 17.3 Å². The second-order valence-corrected chi connectivity index (χ2v) is 7.77. The first-order valence-corrected chi connectivity index (χ1v) is 9.81. The molecule has 30 heavy (non-hydrogen) atoms. The highest BCUT2D eigenvalue weighted by molar-refractivity contribution is 8.01. The Bertz CT molecular complexity index is 922. The van der Waals surface area contributed by atoms with Gasteiger partial charge in [0.05, 0.1) is 22.6 Å². The molecule has 2 amide bonds. The Morgan fingerprint density at radius 1 is 1.33 bits per heavy atom. The van der Waals surface area contributed by atoms with Crippen LogP contribution < -0.4 is 5.32 Å². The zero-order chi connectivity index (χ0) is 22.3. The van der Waals surface area contributed by atoms with Gasteiger partial charge in [0.2, 0.25) is 11.8 Å². The van der Waals surface area contributed by atoms with Gasteiger partial charge in [-0.05, 0) is 31.5 Å². The first-order chi connectivity index (χ1) is 14.1.